The maximum absolute atomic E-state index is 15.5. The van der Waals surface area contributed by atoms with Crippen LogP contribution < -0.4 is 15.6 Å². The number of nitrogens with zero attached hydrogens (tertiary/aromatic N) is 2. The quantitative estimate of drug-likeness (QED) is 0.636. The number of esters is 1. The van der Waals surface area contributed by atoms with E-state index in [2.05, 4.69) is 5.32 Å². The summed E-state index contributed by atoms with van der Waals surface area (Å²) in [6, 6.07) is -0.175. The van der Waals surface area contributed by atoms with Gasteiger partial charge in [-0.3, -0.25) is 4.79 Å². The molecule has 2 aromatic rings. The number of hydrogen-bond donors (Lipinski definition) is 1. The van der Waals surface area contributed by atoms with Crippen LogP contribution in [0.2, 0.25) is 0 Å². The summed E-state index contributed by atoms with van der Waals surface area (Å²) in [6.07, 6.45) is 2.60. The van der Waals surface area contributed by atoms with Crippen molar-refractivity contribution >= 4 is 22.6 Å². The van der Waals surface area contributed by atoms with Gasteiger partial charge in [0.25, 0.3) is 0 Å². The lowest BCUT2D eigenvalue weighted by atomic mass is 10.1. The fourth-order valence-corrected chi connectivity index (χ4v) is 3.64. The molecule has 6 nitrogen and oxygen atoms in total. The minimum Gasteiger partial charge on any atom is -0.462 e. The smallest absolute Gasteiger partial charge is 0.343 e. The van der Waals surface area contributed by atoms with Crippen molar-refractivity contribution in [2.75, 3.05) is 37.7 Å². The van der Waals surface area contributed by atoms with Gasteiger partial charge in [0.1, 0.15) is 11.3 Å². The first-order valence-corrected chi connectivity index (χ1v) is 9.33. The summed E-state index contributed by atoms with van der Waals surface area (Å²) in [5, 5.41) is 2.32. The van der Waals surface area contributed by atoms with Crippen molar-refractivity contribution in [3.8, 4) is 0 Å². The Bertz CT molecular complexity index is 1010. The van der Waals surface area contributed by atoms with Crippen LogP contribution in [-0.4, -0.2) is 43.3 Å². The summed E-state index contributed by atoms with van der Waals surface area (Å²) in [5.41, 5.74) is -2.25. The van der Waals surface area contributed by atoms with E-state index >= 15 is 4.39 Å². The normalized spacial score (nSPS) is 17.2. The van der Waals surface area contributed by atoms with Gasteiger partial charge in [0, 0.05) is 38.4 Å². The van der Waals surface area contributed by atoms with E-state index in [1.54, 1.807) is 6.92 Å². The molecule has 1 saturated heterocycles. The molecule has 1 aliphatic heterocycles. The second-order valence-electron chi connectivity index (χ2n) is 6.98. The van der Waals surface area contributed by atoms with Crippen molar-refractivity contribution in [1.29, 1.82) is 0 Å². The highest BCUT2D eigenvalue weighted by molar-refractivity contribution is 5.95. The number of pyridine rings is 1. The molecule has 2 heterocycles. The zero-order valence-corrected chi connectivity index (χ0v) is 15.4. The molecule has 1 saturated carbocycles. The van der Waals surface area contributed by atoms with Gasteiger partial charge in [0.15, 0.2) is 17.5 Å². The first-order valence-electron chi connectivity index (χ1n) is 9.33. The van der Waals surface area contributed by atoms with E-state index in [0.29, 0.717) is 39.0 Å². The number of halogens is 3. The van der Waals surface area contributed by atoms with Crippen LogP contribution in [0.4, 0.5) is 18.9 Å². The van der Waals surface area contributed by atoms with Gasteiger partial charge < -0.3 is 19.5 Å². The minimum absolute atomic E-state index is 0.0207. The molecular weight excluding hydrogens is 375 g/mol. The SMILES string of the molecule is CCOC(=O)c1cn(C2CC2)c2c(F)c(N3CCNCC3)c(F)c(F)c2c1=O. The van der Waals surface area contributed by atoms with E-state index in [-0.39, 0.29) is 18.2 Å². The Kier molecular flexibility index (Phi) is 4.78. The van der Waals surface area contributed by atoms with Crippen molar-refractivity contribution in [1.82, 2.24) is 9.88 Å². The molecule has 150 valence electrons. The molecule has 4 rings (SSSR count). The second-order valence-corrected chi connectivity index (χ2v) is 6.98. The number of carbonyl (C=O) groups excluding carboxylic acids is 1. The highest BCUT2D eigenvalue weighted by atomic mass is 19.2. The fourth-order valence-electron chi connectivity index (χ4n) is 3.64. The predicted octanol–water partition coefficient (Wildman–Crippen LogP) is 2.34. The van der Waals surface area contributed by atoms with Crippen molar-refractivity contribution in [3.63, 3.8) is 0 Å². The molecule has 0 amide bonds. The molecule has 0 spiro atoms. The summed E-state index contributed by atoms with van der Waals surface area (Å²) in [6.45, 7) is 3.23. The lowest BCUT2D eigenvalue weighted by Crippen LogP contribution is -2.44. The lowest BCUT2D eigenvalue weighted by molar-refractivity contribution is 0.0524. The summed E-state index contributed by atoms with van der Waals surface area (Å²) in [7, 11) is 0. The van der Waals surface area contributed by atoms with Crippen LogP contribution in [0.25, 0.3) is 10.9 Å². The topological polar surface area (TPSA) is 63.6 Å². The molecule has 1 aromatic carbocycles. The average molecular weight is 395 g/mol. The average Bonchev–Trinajstić information content (AvgIpc) is 3.52. The third kappa shape index (κ3) is 2.94. The number of carbonyl (C=O) groups is 1. The molecule has 0 unspecified atom stereocenters. The molecule has 28 heavy (non-hydrogen) atoms. The van der Waals surface area contributed by atoms with Crippen LogP contribution in [0.1, 0.15) is 36.2 Å². The summed E-state index contributed by atoms with van der Waals surface area (Å²) < 4.78 is 51.5. The van der Waals surface area contributed by atoms with Crippen molar-refractivity contribution in [2.45, 2.75) is 25.8 Å². The Morgan fingerprint density at radius 2 is 1.86 bits per heavy atom. The summed E-state index contributed by atoms with van der Waals surface area (Å²) in [5.74, 6) is -4.76. The first kappa shape index (κ1) is 18.8. The van der Waals surface area contributed by atoms with Gasteiger partial charge in [-0.15, -0.1) is 0 Å². The fraction of sp³-hybridized carbons (Fsp3) is 0.474. The first-order chi connectivity index (χ1) is 13.5. The third-order valence-electron chi connectivity index (χ3n) is 5.14. The second kappa shape index (κ2) is 7.12. The minimum atomic E-state index is -1.43. The molecule has 1 N–H and O–H groups in total. The van der Waals surface area contributed by atoms with Crippen LogP contribution in [0.15, 0.2) is 11.0 Å². The monoisotopic (exact) mass is 395 g/mol. The largest absolute Gasteiger partial charge is 0.462 e. The molecule has 0 bridgehead atoms. The molecule has 2 fully saturated rings. The van der Waals surface area contributed by atoms with Crippen LogP contribution in [0, 0.1) is 17.5 Å². The van der Waals surface area contributed by atoms with E-state index in [1.165, 1.54) is 15.7 Å². The Morgan fingerprint density at radius 1 is 1.18 bits per heavy atom. The number of benzene rings is 1. The predicted molar refractivity (Wildman–Crippen MR) is 97.4 cm³/mol. The van der Waals surface area contributed by atoms with Crippen molar-refractivity contribution in [2.24, 2.45) is 0 Å². The number of hydrogen-bond acceptors (Lipinski definition) is 5. The maximum Gasteiger partial charge on any atom is 0.343 e. The highest BCUT2D eigenvalue weighted by Crippen LogP contribution is 2.40. The van der Waals surface area contributed by atoms with Gasteiger partial charge in [-0.1, -0.05) is 0 Å². The zero-order valence-electron chi connectivity index (χ0n) is 15.4. The molecule has 1 aromatic heterocycles. The number of aromatic nitrogens is 1. The Labute approximate surface area is 158 Å². The summed E-state index contributed by atoms with van der Waals surface area (Å²) in [4.78, 5) is 26.3. The number of fused-ring (bicyclic) bond motifs is 1. The Balaban J connectivity index is 2.03. The highest BCUT2D eigenvalue weighted by Gasteiger charge is 2.34. The standard InChI is InChI=1S/C19H20F3N3O3/c1-2-28-19(27)11-9-25(10-3-4-10)16-12(18(11)26)13(20)14(21)17(15(16)22)24-7-5-23-6-8-24/h9-10,23H,2-8H2,1H3. The molecule has 0 radical (unpaired) electrons. The van der Waals surface area contributed by atoms with Crippen LogP contribution in [0.5, 0.6) is 0 Å². The van der Waals surface area contributed by atoms with E-state index in [4.69, 9.17) is 4.74 Å². The third-order valence-corrected chi connectivity index (χ3v) is 5.14. The van der Waals surface area contributed by atoms with Crippen LogP contribution in [-0.2, 0) is 4.74 Å². The van der Waals surface area contributed by atoms with Crippen LogP contribution in [0.3, 0.4) is 0 Å². The van der Waals surface area contributed by atoms with Gasteiger partial charge in [0.05, 0.1) is 17.5 Å². The Hall–Kier alpha value is -2.55. The number of piperazine rings is 1. The number of anilines is 1. The molecule has 9 heteroatoms. The summed E-state index contributed by atoms with van der Waals surface area (Å²) >= 11 is 0. The van der Waals surface area contributed by atoms with Crippen LogP contribution >= 0.6 is 0 Å². The van der Waals surface area contributed by atoms with E-state index in [1.807, 2.05) is 0 Å². The molecule has 1 aliphatic carbocycles. The molecule has 2 aliphatic rings. The van der Waals surface area contributed by atoms with Crippen molar-refractivity contribution in [3.05, 3.63) is 39.4 Å². The van der Waals surface area contributed by atoms with Gasteiger partial charge in [-0.25, -0.2) is 18.0 Å². The molecule has 0 atom stereocenters. The van der Waals surface area contributed by atoms with Crippen molar-refractivity contribution < 1.29 is 22.7 Å². The van der Waals surface area contributed by atoms with Gasteiger partial charge in [-0.05, 0) is 19.8 Å². The number of rotatable bonds is 4. The molecular formula is C19H20F3N3O3. The van der Waals surface area contributed by atoms with Gasteiger partial charge in [-0.2, -0.15) is 0 Å². The van der Waals surface area contributed by atoms with Gasteiger partial charge >= 0.3 is 5.97 Å². The van der Waals surface area contributed by atoms with E-state index in [9.17, 15) is 18.4 Å². The lowest BCUT2D eigenvalue weighted by Gasteiger charge is -2.30. The number of nitrogens with one attached hydrogen (secondary N) is 1. The maximum atomic E-state index is 15.5. The zero-order chi connectivity index (χ0) is 20.0. The number of ether oxygens (including phenoxy) is 1. The Morgan fingerprint density at radius 3 is 2.46 bits per heavy atom. The van der Waals surface area contributed by atoms with E-state index < -0.39 is 45.5 Å². The van der Waals surface area contributed by atoms with Gasteiger partial charge in [0.2, 0.25) is 5.43 Å². The van der Waals surface area contributed by atoms with E-state index in [0.717, 1.165) is 0 Å².